The lowest BCUT2D eigenvalue weighted by Crippen LogP contribution is -2.14. The number of amides is 1. The van der Waals surface area contributed by atoms with Crippen molar-refractivity contribution in [3.63, 3.8) is 0 Å². The Kier molecular flexibility index (Phi) is 7.40. The van der Waals surface area contributed by atoms with E-state index in [1.165, 1.54) is 25.3 Å². The van der Waals surface area contributed by atoms with Crippen LogP contribution in [0.4, 0.5) is 14.5 Å². The van der Waals surface area contributed by atoms with Crippen LogP contribution in [-0.4, -0.2) is 26.2 Å². The largest absolute Gasteiger partial charge is 0.493 e. The fourth-order valence-electron chi connectivity index (χ4n) is 2.30. The second kappa shape index (κ2) is 9.75. The molecule has 0 saturated carbocycles. The number of para-hydroxylation sites is 2. The fourth-order valence-corrected chi connectivity index (χ4v) is 2.30. The SMILES string of the molecule is COc1cc(C(=O)Nc2ccccc2OC(F)F)ccc1OCCC(C)C. The lowest BCUT2D eigenvalue weighted by Gasteiger charge is -2.14. The van der Waals surface area contributed by atoms with Crippen LogP contribution in [0.5, 0.6) is 17.2 Å². The van der Waals surface area contributed by atoms with E-state index in [1.54, 1.807) is 24.3 Å². The molecule has 5 nitrogen and oxygen atoms in total. The quantitative estimate of drug-likeness (QED) is 0.668. The summed E-state index contributed by atoms with van der Waals surface area (Å²) in [4.78, 5) is 12.5. The van der Waals surface area contributed by atoms with E-state index >= 15 is 0 Å². The molecule has 27 heavy (non-hydrogen) atoms. The maximum absolute atomic E-state index is 12.5. The Morgan fingerprint density at radius 1 is 1.07 bits per heavy atom. The van der Waals surface area contributed by atoms with Gasteiger partial charge < -0.3 is 19.5 Å². The standard InChI is InChI=1S/C20H23F2NO4/c1-13(2)10-11-26-17-9-8-14(12-18(17)25-3)19(24)23-15-6-4-5-7-16(15)27-20(21)22/h4-9,12-13,20H,10-11H2,1-3H3,(H,23,24). The molecule has 146 valence electrons. The molecule has 2 aromatic rings. The molecule has 0 aromatic heterocycles. The van der Waals surface area contributed by atoms with Crippen LogP contribution in [0.2, 0.25) is 0 Å². The molecular weight excluding hydrogens is 356 g/mol. The summed E-state index contributed by atoms with van der Waals surface area (Å²) in [6.45, 7) is 1.76. The first-order chi connectivity index (χ1) is 12.9. The van der Waals surface area contributed by atoms with Gasteiger partial charge in [0.1, 0.15) is 5.75 Å². The molecule has 0 radical (unpaired) electrons. The van der Waals surface area contributed by atoms with Crippen molar-refractivity contribution in [3.8, 4) is 17.2 Å². The molecule has 0 bridgehead atoms. The van der Waals surface area contributed by atoms with Gasteiger partial charge in [-0.3, -0.25) is 4.79 Å². The Hall–Kier alpha value is -2.83. The number of halogens is 2. The van der Waals surface area contributed by atoms with E-state index in [0.717, 1.165) is 6.42 Å². The maximum atomic E-state index is 12.5. The third-order valence-electron chi connectivity index (χ3n) is 3.73. The molecular formula is C20H23F2NO4. The second-order valence-electron chi connectivity index (χ2n) is 6.23. The highest BCUT2D eigenvalue weighted by Crippen LogP contribution is 2.30. The Morgan fingerprint density at radius 3 is 2.48 bits per heavy atom. The van der Waals surface area contributed by atoms with Gasteiger partial charge >= 0.3 is 6.61 Å². The van der Waals surface area contributed by atoms with E-state index in [2.05, 4.69) is 23.9 Å². The predicted molar refractivity (Wildman–Crippen MR) is 99.0 cm³/mol. The van der Waals surface area contributed by atoms with Crippen molar-refractivity contribution in [2.75, 3.05) is 19.0 Å². The van der Waals surface area contributed by atoms with Gasteiger partial charge in [0.05, 0.1) is 19.4 Å². The summed E-state index contributed by atoms with van der Waals surface area (Å²) in [5, 5.41) is 2.57. The third-order valence-corrected chi connectivity index (χ3v) is 3.73. The van der Waals surface area contributed by atoms with E-state index in [1.807, 2.05) is 0 Å². The number of hydrogen-bond acceptors (Lipinski definition) is 4. The van der Waals surface area contributed by atoms with E-state index < -0.39 is 12.5 Å². The fraction of sp³-hybridized carbons (Fsp3) is 0.350. The smallest absolute Gasteiger partial charge is 0.387 e. The Labute approximate surface area is 157 Å². The van der Waals surface area contributed by atoms with Gasteiger partial charge in [0.25, 0.3) is 5.91 Å². The van der Waals surface area contributed by atoms with Gasteiger partial charge in [0.2, 0.25) is 0 Å². The summed E-state index contributed by atoms with van der Waals surface area (Å²) in [6, 6.07) is 10.8. The lowest BCUT2D eigenvalue weighted by molar-refractivity contribution is -0.0493. The van der Waals surface area contributed by atoms with Gasteiger partial charge in [-0.25, -0.2) is 0 Å². The van der Waals surface area contributed by atoms with Crippen LogP contribution in [0.1, 0.15) is 30.6 Å². The number of benzene rings is 2. The number of rotatable bonds is 9. The zero-order valence-electron chi connectivity index (χ0n) is 15.5. The number of carbonyl (C=O) groups is 1. The van der Waals surface area contributed by atoms with Crippen LogP contribution in [0, 0.1) is 5.92 Å². The Bertz CT molecular complexity index is 765. The van der Waals surface area contributed by atoms with Crippen LogP contribution in [-0.2, 0) is 0 Å². The number of nitrogens with one attached hydrogen (secondary N) is 1. The first-order valence-electron chi connectivity index (χ1n) is 8.56. The van der Waals surface area contributed by atoms with Crippen LogP contribution in [0.3, 0.4) is 0 Å². The topological polar surface area (TPSA) is 56.8 Å². The van der Waals surface area contributed by atoms with E-state index in [-0.39, 0.29) is 11.4 Å². The minimum atomic E-state index is -2.98. The molecule has 0 spiro atoms. The number of hydrogen-bond donors (Lipinski definition) is 1. The van der Waals surface area contributed by atoms with Gasteiger partial charge in [0.15, 0.2) is 11.5 Å². The maximum Gasteiger partial charge on any atom is 0.387 e. The zero-order chi connectivity index (χ0) is 19.8. The van der Waals surface area contributed by atoms with Gasteiger partial charge in [-0.2, -0.15) is 8.78 Å². The van der Waals surface area contributed by atoms with Crippen molar-refractivity contribution >= 4 is 11.6 Å². The normalized spacial score (nSPS) is 10.8. The molecule has 1 N–H and O–H groups in total. The number of methoxy groups -OCH3 is 1. The molecule has 2 aromatic carbocycles. The molecule has 0 unspecified atom stereocenters. The first-order valence-corrected chi connectivity index (χ1v) is 8.56. The molecule has 7 heteroatoms. The summed E-state index contributed by atoms with van der Waals surface area (Å²) in [7, 11) is 1.48. The minimum Gasteiger partial charge on any atom is -0.493 e. The summed E-state index contributed by atoms with van der Waals surface area (Å²) in [5.41, 5.74) is 0.453. The monoisotopic (exact) mass is 379 g/mol. The van der Waals surface area contributed by atoms with Crippen molar-refractivity contribution in [2.24, 2.45) is 5.92 Å². The Morgan fingerprint density at radius 2 is 1.81 bits per heavy atom. The lowest BCUT2D eigenvalue weighted by atomic mass is 10.1. The zero-order valence-corrected chi connectivity index (χ0v) is 15.5. The highest BCUT2D eigenvalue weighted by Gasteiger charge is 2.15. The highest BCUT2D eigenvalue weighted by molar-refractivity contribution is 6.05. The summed E-state index contributed by atoms with van der Waals surface area (Å²) < 4.78 is 40.4. The van der Waals surface area contributed by atoms with Crippen LogP contribution >= 0.6 is 0 Å². The third kappa shape index (κ3) is 6.13. The molecule has 2 rings (SSSR count). The first kappa shape index (κ1) is 20.5. The number of ether oxygens (including phenoxy) is 3. The van der Waals surface area contributed by atoms with E-state index in [4.69, 9.17) is 9.47 Å². The molecule has 0 aliphatic carbocycles. The molecule has 1 amide bonds. The van der Waals surface area contributed by atoms with Crippen molar-refractivity contribution in [3.05, 3.63) is 48.0 Å². The highest BCUT2D eigenvalue weighted by atomic mass is 19.3. The molecule has 0 heterocycles. The van der Waals surface area contributed by atoms with Gasteiger partial charge in [-0.15, -0.1) is 0 Å². The average Bonchev–Trinajstić information content (AvgIpc) is 2.62. The molecule has 0 atom stereocenters. The summed E-state index contributed by atoms with van der Waals surface area (Å²) in [5.74, 6) is 0.880. The van der Waals surface area contributed by atoms with E-state index in [0.29, 0.717) is 29.6 Å². The number of alkyl halides is 2. The van der Waals surface area contributed by atoms with Crippen LogP contribution in [0.15, 0.2) is 42.5 Å². The molecule has 0 aliphatic rings. The van der Waals surface area contributed by atoms with Crippen LogP contribution in [0.25, 0.3) is 0 Å². The second-order valence-corrected chi connectivity index (χ2v) is 6.23. The van der Waals surface area contributed by atoms with Crippen LogP contribution < -0.4 is 19.5 Å². The average molecular weight is 379 g/mol. The van der Waals surface area contributed by atoms with Crippen molar-refractivity contribution in [1.82, 2.24) is 0 Å². The van der Waals surface area contributed by atoms with Crippen molar-refractivity contribution in [1.29, 1.82) is 0 Å². The van der Waals surface area contributed by atoms with E-state index in [9.17, 15) is 13.6 Å². The Balaban J connectivity index is 2.13. The summed E-state index contributed by atoms with van der Waals surface area (Å²) in [6.07, 6.45) is 0.895. The minimum absolute atomic E-state index is 0.110. The number of anilines is 1. The number of carbonyl (C=O) groups excluding carboxylic acids is 1. The van der Waals surface area contributed by atoms with Gasteiger partial charge in [0, 0.05) is 5.56 Å². The molecule has 0 fully saturated rings. The molecule has 0 aliphatic heterocycles. The van der Waals surface area contributed by atoms with Gasteiger partial charge in [-0.1, -0.05) is 26.0 Å². The van der Waals surface area contributed by atoms with Crippen molar-refractivity contribution in [2.45, 2.75) is 26.9 Å². The summed E-state index contributed by atoms with van der Waals surface area (Å²) >= 11 is 0. The predicted octanol–water partition coefficient (Wildman–Crippen LogP) is 4.97. The van der Waals surface area contributed by atoms with Crippen molar-refractivity contribution < 1.29 is 27.8 Å². The molecule has 0 saturated heterocycles. The van der Waals surface area contributed by atoms with Gasteiger partial charge in [-0.05, 0) is 42.7 Å².